The molecule has 0 bridgehead atoms. The summed E-state index contributed by atoms with van der Waals surface area (Å²) in [7, 11) is 0. The van der Waals surface area contributed by atoms with Crippen LogP contribution in [0.2, 0.25) is 0 Å². The molecule has 0 unspecified atom stereocenters. The van der Waals surface area contributed by atoms with Crippen molar-refractivity contribution in [2.75, 3.05) is 25.2 Å². The minimum absolute atomic E-state index is 0.0276. The van der Waals surface area contributed by atoms with Gasteiger partial charge in [0, 0.05) is 24.8 Å². The first-order valence-corrected chi connectivity index (χ1v) is 7.63. The minimum atomic E-state index is -0.209. The molecule has 1 aromatic rings. The topological polar surface area (TPSA) is 60.0 Å². The number of nitrogens with one attached hydrogen (secondary N) is 1. The molecule has 2 aliphatic heterocycles. The van der Waals surface area contributed by atoms with Crippen molar-refractivity contribution in [2.24, 2.45) is 0 Å². The Balaban J connectivity index is 1.63. The van der Waals surface area contributed by atoms with Crippen molar-refractivity contribution in [1.82, 2.24) is 4.90 Å². The normalized spacial score (nSPS) is 25.8. The predicted molar refractivity (Wildman–Crippen MR) is 82.2 cm³/mol. The van der Waals surface area contributed by atoms with Crippen LogP contribution in [0.1, 0.15) is 20.8 Å². The monoisotopic (exact) mass is 306 g/mol. The standard InChI is InChI=1S/C16H22N2O4/c1-10-7-18(8-11(2)22-10)12(3)16(19)17-13-4-5-14-15(6-13)21-9-20-14/h4-6,10-12H,7-9H2,1-3H3,(H,17,19)/t10-,11+,12-/m0/s1. The fourth-order valence-electron chi connectivity index (χ4n) is 2.92. The van der Waals surface area contributed by atoms with E-state index in [0.717, 1.165) is 18.8 Å². The molecule has 120 valence electrons. The van der Waals surface area contributed by atoms with Gasteiger partial charge >= 0.3 is 0 Å². The Morgan fingerprint density at radius 3 is 2.64 bits per heavy atom. The van der Waals surface area contributed by atoms with Gasteiger partial charge in [0.2, 0.25) is 12.7 Å². The third kappa shape index (κ3) is 3.18. The minimum Gasteiger partial charge on any atom is -0.454 e. The van der Waals surface area contributed by atoms with Crippen LogP contribution >= 0.6 is 0 Å². The Kier molecular flexibility index (Phi) is 4.22. The molecule has 0 aliphatic carbocycles. The molecule has 0 radical (unpaired) electrons. The van der Waals surface area contributed by atoms with E-state index in [9.17, 15) is 4.79 Å². The molecule has 2 heterocycles. The van der Waals surface area contributed by atoms with Gasteiger partial charge in [-0.3, -0.25) is 9.69 Å². The maximum absolute atomic E-state index is 12.5. The lowest BCUT2D eigenvalue weighted by Gasteiger charge is -2.38. The van der Waals surface area contributed by atoms with E-state index in [1.54, 1.807) is 6.07 Å². The fourth-order valence-corrected chi connectivity index (χ4v) is 2.92. The van der Waals surface area contributed by atoms with Gasteiger partial charge in [0.25, 0.3) is 0 Å². The molecule has 6 heteroatoms. The second-order valence-electron chi connectivity index (χ2n) is 5.94. The van der Waals surface area contributed by atoms with Crippen molar-refractivity contribution in [2.45, 2.75) is 39.0 Å². The molecule has 1 aromatic carbocycles. The van der Waals surface area contributed by atoms with Gasteiger partial charge in [-0.15, -0.1) is 0 Å². The molecule has 0 spiro atoms. The summed E-state index contributed by atoms with van der Waals surface area (Å²) < 4.78 is 16.3. The molecule has 2 aliphatic rings. The zero-order chi connectivity index (χ0) is 15.7. The largest absolute Gasteiger partial charge is 0.454 e. The van der Waals surface area contributed by atoms with E-state index in [1.807, 2.05) is 32.9 Å². The number of anilines is 1. The molecule has 0 aromatic heterocycles. The van der Waals surface area contributed by atoms with Gasteiger partial charge in [0.1, 0.15) is 0 Å². The molecule has 0 saturated carbocycles. The maximum Gasteiger partial charge on any atom is 0.241 e. The summed E-state index contributed by atoms with van der Waals surface area (Å²) in [5, 5.41) is 2.94. The van der Waals surface area contributed by atoms with E-state index in [4.69, 9.17) is 14.2 Å². The van der Waals surface area contributed by atoms with Gasteiger partial charge < -0.3 is 19.5 Å². The number of fused-ring (bicyclic) bond motifs is 1. The molecule has 1 amide bonds. The summed E-state index contributed by atoms with van der Waals surface area (Å²) in [6.07, 6.45) is 0.286. The molecule has 3 atom stereocenters. The van der Waals surface area contributed by atoms with Crippen molar-refractivity contribution in [3.63, 3.8) is 0 Å². The summed E-state index contributed by atoms with van der Waals surface area (Å²) in [6, 6.07) is 5.21. The Bertz CT molecular complexity index is 553. The molecule has 6 nitrogen and oxygen atoms in total. The van der Waals surface area contributed by atoms with Crippen LogP contribution in [0.5, 0.6) is 11.5 Å². The smallest absolute Gasteiger partial charge is 0.241 e. The summed E-state index contributed by atoms with van der Waals surface area (Å²) in [6.45, 7) is 7.75. The highest BCUT2D eigenvalue weighted by molar-refractivity contribution is 5.94. The number of carbonyl (C=O) groups is 1. The first-order valence-electron chi connectivity index (χ1n) is 7.63. The Hall–Kier alpha value is -1.79. The molecule has 3 rings (SSSR count). The highest BCUT2D eigenvalue weighted by Crippen LogP contribution is 2.34. The number of morpholine rings is 1. The van der Waals surface area contributed by atoms with E-state index < -0.39 is 0 Å². The lowest BCUT2D eigenvalue weighted by atomic mass is 10.1. The van der Waals surface area contributed by atoms with Crippen LogP contribution in [-0.2, 0) is 9.53 Å². The van der Waals surface area contributed by atoms with Gasteiger partial charge in [-0.1, -0.05) is 0 Å². The van der Waals surface area contributed by atoms with Crippen LogP contribution in [0.4, 0.5) is 5.69 Å². The van der Waals surface area contributed by atoms with Gasteiger partial charge in [-0.2, -0.15) is 0 Å². The number of rotatable bonds is 3. The molecule has 1 fully saturated rings. The van der Waals surface area contributed by atoms with Gasteiger partial charge in [0.05, 0.1) is 18.2 Å². The first kappa shape index (κ1) is 15.1. The number of nitrogens with zero attached hydrogens (tertiary/aromatic N) is 1. The number of benzene rings is 1. The number of carbonyl (C=O) groups excluding carboxylic acids is 1. The van der Waals surface area contributed by atoms with Crippen LogP contribution in [0.3, 0.4) is 0 Å². The second-order valence-corrected chi connectivity index (χ2v) is 5.94. The molecule has 1 N–H and O–H groups in total. The molecule has 22 heavy (non-hydrogen) atoms. The van der Waals surface area contributed by atoms with Gasteiger partial charge in [-0.25, -0.2) is 0 Å². The van der Waals surface area contributed by atoms with E-state index in [-0.39, 0.29) is 30.9 Å². The Labute approximate surface area is 130 Å². The third-order valence-electron chi connectivity index (χ3n) is 4.02. The molecular weight excluding hydrogens is 284 g/mol. The van der Waals surface area contributed by atoms with Crippen molar-refractivity contribution in [1.29, 1.82) is 0 Å². The summed E-state index contributed by atoms with van der Waals surface area (Å²) in [5.74, 6) is 1.35. The predicted octanol–water partition coefficient (Wildman–Crippen LogP) is 1.85. The van der Waals surface area contributed by atoms with Crippen LogP contribution < -0.4 is 14.8 Å². The van der Waals surface area contributed by atoms with E-state index in [1.165, 1.54) is 0 Å². The zero-order valence-corrected chi connectivity index (χ0v) is 13.2. The third-order valence-corrected chi connectivity index (χ3v) is 4.02. The van der Waals surface area contributed by atoms with Gasteiger partial charge in [-0.05, 0) is 32.9 Å². The maximum atomic E-state index is 12.5. The van der Waals surface area contributed by atoms with Crippen molar-refractivity contribution < 1.29 is 19.0 Å². The van der Waals surface area contributed by atoms with Crippen molar-refractivity contribution in [3.8, 4) is 11.5 Å². The lowest BCUT2D eigenvalue weighted by molar-refractivity contribution is -0.126. The SMILES string of the molecule is C[C@@H]1CN([C@@H](C)C(=O)Nc2ccc3c(c2)OCO3)C[C@H](C)O1. The number of hydrogen-bond donors (Lipinski definition) is 1. The highest BCUT2D eigenvalue weighted by atomic mass is 16.7. The van der Waals surface area contributed by atoms with Crippen LogP contribution in [-0.4, -0.2) is 48.9 Å². The van der Waals surface area contributed by atoms with Gasteiger partial charge in [0.15, 0.2) is 11.5 Å². The molecule has 1 saturated heterocycles. The van der Waals surface area contributed by atoms with E-state index in [2.05, 4.69) is 10.2 Å². The first-order chi connectivity index (χ1) is 10.5. The number of ether oxygens (including phenoxy) is 3. The number of amides is 1. The highest BCUT2D eigenvalue weighted by Gasteiger charge is 2.29. The quantitative estimate of drug-likeness (QED) is 0.923. The average Bonchev–Trinajstić information content (AvgIpc) is 2.93. The van der Waals surface area contributed by atoms with Crippen molar-refractivity contribution in [3.05, 3.63) is 18.2 Å². The second kappa shape index (κ2) is 6.14. The zero-order valence-electron chi connectivity index (χ0n) is 13.2. The molecular formula is C16H22N2O4. The van der Waals surface area contributed by atoms with Crippen LogP contribution in [0.15, 0.2) is 18.2 Å². The Morgan fingerprint density at radius 2 is 1.91 bits per heavy atom. The van der Waals surface area contributed by atoms with Crippen LogP contribution in [0.25, 0.3) is 0 Å². The lowest BCUT2D eigenvalue weighted by Crippen LogP contribution is -2.52. The summed E-state index contributed by atoms with van der Waals surface area (Å²) >= 11 is 0. The Morgan fingerprint density at radius 1 is 1.23 bits per heavy atom. The average molecular weight is 306 g/mol. The fraction of sp³-hybridized carbons (Fsp3) is 0.562. The van der Waals surface area contributed by atoms with E-state index >= 15 is 0 Å². The number of hydrogen-bond acceptors (Lipinski definition) is 5. The summed E-state index contributed by atoms with van der Waals surface area (Å²) in [5.41, 5.74) is 0.718. The van der Waals surface area contributed by atoms with Crippen molar-refractivity contribution >= 4 is 11.6 Å². The van der Waals surface area contributed by atoms with E-state index in [0.29, 0.717) is 11.5 Å². The summed E-state index contributed by atoms with van der Waals surface area (Å²) in [4.78, 5) is 14.6. The van der Waals surface area contributed by atoms with Crippen LogP contribution in [0, 0.1) is 0 Å².